The lowest BCUT2D eigenvalue weighted by Crippen LogP contribution is -2.35. The highest BCUT2D eigenvalue weighted by molar-refractivity contribution is 7.72. The number of aromatic amines is 1. The maximum atomic E-state index is 10.6. The Kier molecular flexibility index (Phi) is 4.99. The van der Waals surface area contributed by atoms with Crippen molar-refractivity contribution in [3.63, 3.8) is 0 Å². The summed E-state index contributed by atoms with van der Waals surface area (Å²) in [4.78, 5) is 7.52. The van der Waals surface area contributed by atoms with Crippen LogP contribution in [0.1, 0.15) is 19.0 Å². The first-order chi connectivity index (χ1) is 11.6. The molecular formula is C17H26N3O3PS. The molecule has 138 valence electrons. The van der Waals surface area contributed by atoms with Crippen LogP contribution in [-0.4, -0.2) is 68.9 Å². The van der Waals surface area contributed by atoms with Gasteiger partial charge in [-0.2, -0.15) is 0 Å². The average Bonchev–Trinajstić information content (AvgIpc) is 3.00. The van der Waals surface area contributed by atoms with Crippen molar-refractivity contribution in [2.75, 3.05) is 19.5 Å². The molecule has 3 rings (SSSR count). The number of nitrogens with zero attached hydrogens (tertiary/aromatic N) is 2. The number of rotatable bonds is 4. The standard InChI is InChI=1S/C17H26N3O3PS/c1-9(8-24(3,4)5)14-12(21)13(22)17(23-14)20-7-6-11-15(20)18-10(2)19-16(11)25/h6-7,9,12-14,17,21-22H,3,8H2,1-2,4-5H3,(H,18,19,25)/t9?,12-,13+,14+,17+/m0/s1. The lowest BCUT2D eigenvalue weighted by molar-refractivity contribution is -0.0484. The molecule has 1 fully saturated rings. The maximum Gasteiger partial charge on any atom is 0.164 e. The molecule has 0 spiro atoms. The van der Waals surface area contributed by atoms with Crippen molar-refractivity contribution in [2.24, 2.45) is 5.92 Å². The van der Waals surface area contributed by atoms with Gasteiger partial charge in [0.15, 0.2) is 6.23 Å². The molecule has 3 N–H and O–H groups in total. The maximum absolute atomic E-state index is 10.6. The molecular weight excluding hydrogens is 357 g/mol. The number of aliphatic hydroxyl groups is 2. The molecule has 3 heterocycles. The van der Waals surface area contributed by atoms with E-state index in [2.05, 4.69) is 29.6 Å². The molecule has 0 bridgehead atoms. The lowest BCUT2D eigenvalue weighted by atomic mass is 10.0. The number of aromatic nitrogens is 3. The van der Waals surface area contributed by atoms with Crippen molar-refractivity contribution in [3.8, 4) is 0 Å². The predicted octanol–water partition coefficient (Wildman–Crippen LogP) is 2.37. The minimum absolute atomic E-state index is 0.106. The highest BCUT2D eigenvalue weighted by Gasteiger charge is 2.46. The molecule has 25 heavy (non-hydrogen) atoms. The normalized spacial score (nSPS) is 28.6. The van der Waals surface area contributed by atoms with E-state index in [0.29, 0.717) is 16.1 Å². The lowest BCUT2D eigenvalue weighted by Gasteiger charge is -2.26. The summed E-state index contributed by atoms with van der Waals surface area (Å²) in [5.74, 6) is 0.800. The molecule has 1 aliphatic heterocycles. The van der Waals surface area contributed by atoms with Crippen molar-refractivity contribution < 1.29 is 14.9 Å². The third-order valence-electron chi connectivity index (χ3n) is 4.59. The first kappa shape index (κ1) is 18.8. The van der Waals surface area contributed by atoms with E-state index < -0.39 is 31.4 Å². The molecule has 0 radical (unpaired) electrons. The molecule has 0 aliphatic carbocycles. The fourth-order valence-electron chi connectivity index (χ4n) is 3.63. The second-order valence-electron chi connectivity index (χ2n) is 7.68. The number of nitrogens with one attached hydrogen (secondary N) is 1. The zero-order valence-electron chi connectivity index (χ0n) is 15.0. The highest BCUT2D eigenvalue weighted by Crippen LogP contribution is 2.42. The van der Waals surface area contributed by atoms with Crippen LogP contribution in [0.4, 0.5) is 0 Å². The van der Waals surface area contributed by atoms with Gasteiger partial charge in [0.1, 0.15) is 28.3 Å². The monoisotopic (exact) mass is 383 g/mol. The van der Waals surface area contributed by atoms with Gasteiger partial charge in [-0.25, -0.2) is 4.98 Å². The summed E-state index contributed by atoms with van der Waals surface area (Å²) in [5.41, 5.74) is 0.649. The quantitative estimate of drug-likeness (QED) is 0.558. The van der Waals surface area contributed by atoms with Crippen molar-refractivity contribution >= 4 is 36.4 Å². The Morgan fingerprint density at radius 3 is 2.76 bits per heavy atom. The Hall–Kier alpha value is -0.980. The Balaban J connectivity index is 1.94. The van der Waals surface area contributed by atoms with E-state index in [4.69, 9.17) is 17.0 Å². The summed E-state index contributed by atoms with van der Waals surface area (Å²) in [6.07, 6.45) is 3.85. The van der Waals surface area contributed by atoms with Gasteiger partial charge in [0.2, 0.25) is 0 Å². The zero-order valence-corrected chi connectivity index (χ0v) is 16.7. The van der Waals surface area contributed by atoms with Gasteiger partial charge in [-0.05, 0) is 38.4 Å². The van der Waals surface area contributed by atoms with Crippen molar-refractivity contribution in [2.45, 2.75) is 38.4 Å². The zero-order chi connectivity index (χ0) is 18.5. The Morgan fingerprint density at radius 2 is 2.12 bits per heavy atom. The number of fused-ring (bicyclic) bond motifs is 1. The molecule has 1 saturated heterocycles. The number of aliphatic hydroxyl groups excluding tert-OH is 2. The van der Waals surface area contributed by atoms with Crippen molar-refractivity contribution in [3.05, 3.63) is 22.7 Å². The second kappa shape index (κ2) is 6.63. The summed E-state index contributed by atoms with van der Waals surface area (Å²) in [6.45, 7) is 6.93. The van der Waals surface area contributed by atoms with E-state index in [1.54, 1.807) is 10.8 Å². The third-order valence-corrected chi connectivity index (χ3v) is 6.48. The largest absolute Gasteiger partial charge is 0.388 e. The van der Waals surface area contributed by atoms with Crippen molar-refractivity contribution in [1.29, 1.82) is 0 Å². The Morgan fingerprint density at radius 1 is 1.44 bits per heavy atom. The van der Waals surface area contributed by atoms with Crippen LogP contribution >= 0.6 is 19.1 Å². The first-order valence-electron chi connectivity index (χ1n) is 8.35. The molecule has 6 nitrogen and oxygen atoms in total. The van der Waals surface area contributed by atoms with Gasteiger partial charge < -0.3 is 24.5 Å². The Bertz CT molecular complexity index is 887. The molecule has 1 aliphatic rings. The predicted molar refractivity (Wildman–Crippen MR) is 105 cm³/mol. The summed E-state index contributed by atoms with van der Waals surface area (Å²) < 4.78 is 8.46. The van der Waals surface area contributed by atoms with Crippen LogP contribution in [0.2, 0.25) is 0 Å². The Labute approximate surface area is 152 Å². The van der Waals surface area contributed by atoms with Crippen LogP contribution < -0.4 is 0 Å². The summed E-state index contributed by atoms with van der Waals surface area (Å²) in [5, 5.41) is 21.9. The highest BCUT2D eigenvalue weighted by atomic mass is 32.1. The van der Waals surface area contributed by atoms with Crippen LogP contribution in [0.15, 0.2) is 12.3 Å². The van der Waals surface area contributed by atoms with E-state index in [9.17, 15) is 10.2 Å². The van der Waals surface area contributed by atoms with Crippen LogP contribution in [0.5, 0.6) is 0 Å². The topological polar surface area (TPSA) is 83.3 Å². The minimum atomic E-state index is -1.26. The van der Waals surface area contributed by atoms with Crippen molar-refractivity contribution in [1.82, 2.24) is 14.5 Å². The van der Waals surface area contributed by atoms with Gasteiger partial charge in [-0.15, -0.1) is 13.2 Å². The van der Waals surface area contributed by atoms with Crippen LogP contribution in [-0.2, 0) is 4.74 Å². The van der Waals surface area contributed by atoms with Gasteiger partial charge in [0.25, 0.3) is 0 Å². The van der Waals surface area contributed by atoms with Crippen LogP contribution in [0.3, 0.4) is 0 Å². The average molecular weight is 383 g/mol. The number of ether oxygens (including phenoxy) is 1. The molecule has 2 aromatic heterocycles. The van der Waals surface area contributed by atoms with Crippen LogP contribution in [0, 0.1) is 17.5 Å². The van der Waals surface area contributed by atoms with Gasteiger partial charge >= 0.3 is 0 Å². The van der Waals surface area contributed by atoms with E-state index in [1.165, 1.54) is 0 Å². The van der Waals surface area contributed by atoms with E-state index >= 15 is 0 Å². The second-order valence-corrected chi connectivity index (χ2v) is 12.3. The smallest absolute Gasteiger partial charge is 0.164 e. The molecule has 1 unspecified atom stereocenters. The molecule has 5 atom stereocenters. The van der Waals surface area contributed by atoms with Gasteiger partial charge in [0.05, 0.1) is 11.5 Å². The van der Waals surface area contributed by atoms with Gasteiger partial charge in [-0.3, -0.25) is 0 Å². The number of aryl methyl sites for hydroxylation is 1. The first-order valence-corrected chi connectivity index (χ1v) is 11.8. The fourth-order valence-corrected chi connectivity index (χ4v) is 5.70. The molecule has 0 aromatic carbocycles. The SMILES string of the molecule is C=P(C)(C)CC(C)[C@H]1O[C@@H](n2ccc3c(=S)[nH]c(C)nc32)[C@H](O)[C@@H]1O. The molecule has 8 heteroatoms. The third kappa shape index (κ3) is 3.62. The van der Waals surface area contributed by atoms with Gasteiger partial charge in [-0.1, -0.05) is 19.1 Å². The van der Waals surface area contributed by atoms with E-state index in [1.807, 2.05) is 19.9 Å². The van der Waals surface area contributed by atoms with Crippen LogP contribution in [0.25, 0.3) is 11.0 Å². The molecule has 0 saturated carbocycles. The van der Waals surface area contributed by atoms with Gasteiger partial charge in [0, 0.05) is 6.20 Å². The summed E-state index contributed by atoms with van der Waals surface area (Å²) in [6, 6.07) is 1.85. The fraction of sp³-hybridized carbons (Fsp3) is 0.588. The summed E-state index contributed by atoms with van der Waals surface area (Å²) >= 11 is 5.34. The number of hydrogen-bond donors (Lipinski definition) is 3. The number of H-pyrrole nitrogens is 1. The van der Waals surface area contributed by atoms with E-state index in [-0.39, 0.29) is 5.92 Å². The minimum Gasteiger partial charge on any atom is -0.388 e. The van der Waals surface area contributed by atoms with E-state index in [0.717, 1.165) is 11.5 Å². The molecule has 0 amide bonds. The number of hydrogen-bond acceptors (Lipinski definition) is 5. The molecule has 2 aromatic rings. The summed E-state index contributed by atoms with van der Waals surface area (Å²) in [7, 11) is 0.